The summed E-state index contributed by atoms with van der Waals surface area (Å²) >= 11 is 1.64. The van der Waals surface area contributed by atoms with E-state index in [0.29, 0.717) is 0 Å². The predicted octanol–water partition coefficient (Wildman–Crippen LogP) is 3.13. The Morgan fingerprint density at radius 2 is 2.20 bits per heavy atom. The molecule has 0 amide bonds. The number of thiazole rings is 1. The first kappa shape index (κ1) is 10.5. The fraction of sp³-hybridized carbons (Fsp3) is 0.0909. The maximum Gasteiger partial charge on any atom is 0.124 e. The lowest BCUT2D eigenvalue weighted by molar-refractivity contribution is 1.36. The van der Waals surface area contributed by atoms with Gasteiger partial charge in [-0.1, -0.05) is 28.9 Å². The van der Waals surface area contributed by atoms with Crippen LogP contribution in [0.4, 0.5) is 0 Å². The highest BCUT2D eigenvalue weighted by Crippen LogP contribution is 2.32. The molecule has 1 aromatic heterocycles. The Morgan fingerprint density at radius 1 is 1.40 bits per heavy atom. The minimum absolute atomic E-state index is 0.295. The Kier molecular flexibility index (Phi) is 3.30. The van der Waals surface area contributed by atoms with Crippen LogP contribution in [0.25, 0.3) is 10.6 Å². The van der Waals surface area contributed by atoms with E-state index in [-0.39, 0.29) is 10.7 Å². The molecule has 2 nitrogen and oxygen atoms in total. The van der Waals surface area contributed by atoms with Gasteiger partial charge in [0, 0.05) is 22.0 Å². The Bertz CT molecular complexity index is 475. The molecular weight excluding hydrogens is 224 g/mol. The van der Waals surface area contributed by atoms with Crippen LogP contribution in [0.15, 0.2) is 40.7 Å². The molecule has 0 radical (unpaired) electrons. The van der Waals surface area contributed by atoms with Crippen molar-refractivity contribution in [3.05, 3.63) is 35.8 Å². The van der Waals surface area contributed by atoms with Gasteiger partial charge >= 0.3 is 0 Å². The highest BCUT2D eigenvalue weighted by atomic mass is 32.2. The molecule has 4 heteroatoms. The third kappa shape index (κ3) is 2.17. The van der Waals surface area contributed by atoms with Gasteiger partial charge in [-0.3, -0.25) is 5.14 Å². The van der Waals surface area contributed by atoms with Crippen LogP contribution in [0.1, 0.15) is 6.92 Å². The molecule has 0 fully saturated rings. The minimum atomic E-state index is -0.295. The molecule has 2 N–H and O–H groups in total. The van der Waals surface area contributed by atoms with Gasteiger partial charge in [0.2, 0.25) is 0 Å². The molecule has 0 aliphatic carbocycles. The van der Waals surface area contributed by atoms with E-state index in [9.17, 15) is 0 Å². The SMILES string of the molecule is C/C=S(\N)c1ccccc1-c1nccs1. The van der Waals surface area contributed by atoms with Crippen molar-refractivity contribution in [1.29, 1.82) is 0 Å². The van der Waals surface area contributed by atoms with Gasteiger partial charge in [0.15, 0.2) is 0 Å². The summed E-state index contributed by atoms with van der Waals surface area (Å²) in [5, 5.41) is 11.1. The lowest BCUT2D eigenvalue weighted by atomic mass is 10.2. The van der Waals surface area contributed by atoms with Gasteiger partial charge in [0.25, 0.3) is 0 Å². The van der Waals surface area contributed by atoms with Gasteiger partial charge in [-0.15, -0.1) is 11.3 Å². The van der Waals surface area contributed by atoms with Crippen LogP contribution in [0.3, 0.4) is 0 Å². The van der Waals surface area contributed by atoms with Crippen LogP contribution in [0.2, 0.25) is 0 Å². The van der Waals surface area contributed by atoms with E-state index in [1.54, 1.807) is 11.3 Å². The lowest BCUT2D eigenvalue weighted by Crippen LogP contribution is -1.91. The van der Waals surface area contributed by atoms with Crippen LogP contribution < -0.4 is 5.14 Å². The van der Waals surface area contributed by atoms with E-state index >= 15 is 0 Å². The molecule has 1 atom stereocenters. The van der Waals surface area contributed by atoms with Crippen LogP contribution in [-0.4, -0.2) is 10.4 Å². The standard InChI is InChI=1S/C11H12N2S2/c1-2-15(12)10-6-4-3-5-9(10)11-13-7-8-14-11/h2-8H,12H2,1H3. The average molecular weight is 236 g/mol. The maximum absolute atomic E-state index is 6.05. The van der Waals surface area contributed by atoms with E-state index in [4.69, 9.17) is 5.14 Å². The second-order valence-electron chi connectivity index (χ2n) is 2.94. The number of hydrogen-bond donors (Lipinski definition) is 1. The smallest absolute Gasteiger partial charge is 0.124 e. The third-order valence-corrected chi connectivity index (χ3v) is 4.24. The van der Waals surface area contributed by atoms with Crippen LogP contribution in [0, 0.1) is 0 Å². The number of nitrogens with zero attached hydrogens (tertiary/aromatic N) is 1. The topological polar surface area (TPSA) is 38.9 Å². The van der Waals surface area contributed by atoms with Gasteiger partial charge in [0.05, 0.1) is 0 Å². The van der Waals surface area contributed by atoms with Crippen molar-refractivity contribution in [2.75, 3.05) is 0 Å². The Hall–Kier alpha value is -0.970. The molecule has 0 bridgehead atoms. The number of aromatic nitrogens is 1. The van der Waals surface area contributed by atoms with Crippen molar-refractivity contribution < 1.29 is 0 Å². The van der Waals surface area contributed by atoms with Crippen molar-refractivity contribution in [1.82, 2.24) is 4.98 Å². The number of hydrogen-bond acceptors (Lipinski definition) is 3. The summed E-state index contributed by atoms with van der Waals surface area (Å²) in [5.41, 5.74) is 1.15. The van der Waals surface area contributed by atoms with Crippen LogP contribution >= 0.6 is 22.0 Å². The lowest BCUT2D eigenvalue weighted by Gasteiger charge is -2.07. The Labute approximate surface area is 95.8 Å². The fourth-order valence-electron chi connectivity index (χ4n) is 1.33. The summed E-state index contributed by atoms with van der Waals surface area (Å²) in [4.78, 5) is 5.48. The molecular formula is C11H12N2S2. The second kappa shape index (κ2) is 4.70. The zero-order chi connectivity index (χ0) is 10.7. The largest absolute Gasteiger partial charge is 0.280 e. The Morgan fingerprint density at radius 3 is 2.87 bits per heavy atom. The Balaban J connectivity index is 2.57. The first-order valence-corrected chi connectivity index (χ1v) is 6.82. The van der Waals surface area contributed by atoms with Crippen molar-refractivity contribution in [2.45, 2.75) is 11.8 Å². The van der Waals surface area contributed by atoms with Gasteiger partial charge in [-0.2, -0.15) is 0 Å². The van der Waals surface area contributed by atoms with E-state index < -0.39 is 0 Å². The summed E-state index contributed by atoms with van der Waals surface area (Å²) in [6.07, 6.45) is 1.82. The van der Waals surface area contributed by atoms with Crippen molar-refractivity contribution >= 4 is 27.4 Å². The molecule has 78 valence electrons. The first-order chi connectivity index (χ1) is 7.33. The second-order valence-corrected chi connectivity index (χ2v) is 5.49. The van der Waals surface area contributed by atoms with Crippen LogP contribution in [0.5, 0.6) is 0 Å². The minimum Gasteiger partial charge on any atom is -0.280 e. The molecule has 15 heavy (non-hydrogen) atoms. The molecule has 0 spiro atoms. The van der Waals surface area contributed by atoms with E-state index in [0.717, 1.165) is 15.5 Å². The normalized spacial score (nSPS) is 12.9. The molecule has 0 saturated carbocycles. The average Bonchev–Trinajstić information content (AvgIpc) is 2.81. The third-order valence-electron chi connectivity index (χ3n) is 2.06. The highest BCUT2D eigenvalue weighted by molar-refractivity contribution is 8.13. The zero-order valence-electron chi connectivity index (χ0n) is 8.38. The summed E-state index contributed by atoms with van der Waals surface area (Å²) in [5.74, 6) is 0. The number of nitrogens with two attached hydrogens (primary N) is 1. The monoisotopic (exact) mass is 236 g/mol. The van der Waals surface area contributed by atoms with Crippen molar-refractivity contribution in [3.63, 3.8) is 0 Å². The van der Waals surface area contributed by atoms with E-state index in [1.165, 1.54) is 0 Å². The quantitative estimate of drug-likeness (QED) is 0.814. The number of rotatable bonds is 2. The zero-order valence-corrected chi connectivity index (χ0v) is 10.0. The predicted molar refractivity (Wildman–Crippen MR) is 69.3 cm³/mol. The molecule has 1 heterocycles. The van der Waals surface area contributed by atoms with Gasteiger partial charge in [0.1, 0.15) is 5.01 Å². The van der Waals surface area contributed by atoms with E-state index in [2.05, 4.69) is 17.1 Å². The van der Waals surface area contributed by atoms with Gasteiger partial charge in [-0.05, 0) is 18.4 Å². The summed E-state index contributed by atoms with van der Waals surface area (Å²) in [7, 11) is -0.295. The summed E-state index contributed by atoms with van der Waals surface area (Å²) in [6.45, 7) is 1.99. The molecule has 2 aromatic rings. The molecule has 1 aromatic carbocycles. The van der Waals surface area contributed by atoms with Gasteiger partial charge < -0.3 is 0 Å². The molecule has 1 unspecified atom stereocenters. The molecule has 0 aliphatic heterocycles. The maximum atomic E-state index is 6.05. The van der Waals surface area contributed by atoms with E-state index in [1.807, 2.05) is 36.0 Å². The molecule has 0 aliphatic rings. The number of benzene rings is 1. The fourth-order valence-corrected chi connectivity index (χ4v) is 2.98. The summed E-state index contributed by atoms with van der Waals surface area (Å²) < 4.78 is 0. The van der Waals surface area contributed by atoms with Gasteiger partial charge in [-0.25, -0.2) is 4.98 Å². The molecule has 0 saturated heterocycles. The summed E-state index contributed by atoms with van der Waals surface area (Å²) in [6, 6.07) is 8.18. The molecule has 2 rings (SSSR count). The highest BCUT2D eigenvalue weighted by Gasteiger charge is 2.06. The van der Waals surface area contributed by atoms with Crippen LogP contribution in [-0.2, 0) is 0 Å². The first-order valence-electron chi connectivity index (χ1n) is 4.59. The van der Waals surface area contributed by atoms with Crippen molar-refractivity contribution in [3.8, 4) is 10.6 Å². The van der Waals surface area contributed by atoms with Crippen molar-refractivity contribution in [2.24, 2.45) is 5.14 Å².